The number of carboxylic acid groups (broad SMARTS) is 1. The smallest absolute Gasteiger partial charge is 0.326 e. The highest BCUT2D eigenvalue weighted by molar-refractivity contribution is 5.82. The summed E-state index contributed by atoms with van der Waals surface area (Å²) in [5, 5.41) is 11.7. The van der Waals surface area contributed by atoms with Gasteiger partial charge in [-0.15, -0.1) is 0 Å². The second-order valence-electron chi connectivity index (χ2n) is 7.98. The zero-order valence-electron chi connectivity index (χ0n) is 19.1. The first kappa shape index (κ1) is 24.2. The first-order valence-corrected chi connectivity index (χ1v) is 11.1. The van der Waals surface area contributed by atoms with Gasteiger partial charge in [0.15, 0.2) is 0 Å². The van der Waals surface area contributed by atoms with Gasteiger partial charge < -0.3 is 10.0 Å². The Morgan fingerprint density at radius 2 is 1.36 bits per heavy atom. The van der Waals surface area contributed by atoms with Gasteiger partial charge in [0.25, 0.3) is 0 Å². The normalized spacial score (nSPS) is 12.8. The van der Waals surface area contributed by atoms with E-state index in [1.54, 1.807) is 29.1 Å². The van der Waals surface area contributed by atoms with Crippen molar-refractivity contribution < 1.29 is 14.7 Å². The highest BCUT2D eigenvalue weighted by Gasteiger charge is 2.31. The van der Waals surface area contributed by atoms with Crippen molar-refractivity contribution >= 4 is 11.9 Å². The Balaban J connectivity index is 1.87. The van der Waals surface area contributed by atoms with Crippen LogP contribution in [0, 0.1) is 0 Å². The van der Waals surface area contributed by atoms with Crippen molar-refractivity contribution in [1.29, 1.82) is 0 Å². The average Bonchev–Trinajstić information content (AvgIpc) is 2.85. The molecule has 3 rings (SSSR count). The van der Waals surface area contributed by atoms with Crippen LogP contribution in [-0.4, -0.2) is 46.5 Å². The Kier molecular flexibility index (Phi) is 8.75. The van der Waals surface area contributed by atoms with Crippen LogP contribution < -0.4 is 5.43 Å². The molecule has 0 heterocycles. The van der Waals surface area contributed by atoms with Crippen molar-refractivity contribution in [3.8, 4) is 0 Å². The lowest BCUT2D eigenvalue weighted by atomic mass is 10.0. The molecule has 2 atom stereocenters. The molecular formula is C27H31N3O3. The van der Waals surface area contributed by atoms with Gasteiger partial charge in [-0.2, -0.15) is 0 Å². The number of hydrogen-bond donors (Lipinski definition) is 2. The summed E-state index contributed by atoms with van der Waals surface area (Å²) in [5.41, 5.74) is 5.80. The molecule has 0 aliphatic carbocycles. The minimum atomic E-state index is -0.997. The second kappa shape index (κ2) is 11.9. The standard InChI is InChI=1S/C27H31N3O3/c1-3-30(28-25(27(32)33)23-17-11-6-12-18-23)24(19-21-13-7-4-8-14-21)26(31)29(2)20-22-15-9-5-10-16-22/h4-18,24-25,28H,3,19-20H2,1-2H3,(H,32,33)/t24?,25-/m0/s1. The minimum Gasteiger partial charge on any atom is -0.480 e. The number of rotatable bonds is 11. The SMILES string of the molecule is CCN(N[C@H](C(=O)O)c1ccccc1)C(Cc1ccccc1)C(=O)N(C)Cc1ccccc1. The number of nitrogens with one attached hydrogen (secondary N) is 1. The molecule has 0 bridgehead atoms. The highest BCUT2D eigenvalue weighted by Crippen LogP contribution is 2.18. The largest absolute Gasteiger partial charge is 0.480 e. The van der Waals surface area contributed by atoms with Crippen LogP contribution >= 0.6 is 0 Å². The number of aliphatic carboxylic acids is 1. The van der Waals surface area contributed by atoms with Gasteiger partial charge in [-0.05, 0) is 23.1 Å². The number of hydrogen-bond acceptors (Lipinski definition) is 4. The fourth-order valence-electron chi connectivity index (χ4n) is 3.84. The zero-order chi connectivity index (χ0) is 23.6. The number of amides is 1. The van der Waals surface area contributed by atoms with Crippen LogP contribution in [0.2, 0.25) is 0 Å². The third kappa shape index (κ3) is 6.75. The van der Waals surface area contributed by atoms with E-state index in [1.165, 1.54) is 0 Å². The highest BCUT2D eigenvalue weighted by atomic mass is 16.4. The van der Waals surface area contributed by atoms with Crippen LogP contribution in [0.4, 0.5) is 0 Å². The van der Waals surface area contributed by atoms with Gasteiger partial charge in [-0.1, -0.05) is 97.9 Å². The van der Waals surface area contributed by atoms with E-state index in [0.717, 1.165) is 11.1 Å². The molecule has 0 saturated carbocycles. The lowest BCUT2D eigenvalue weighted by Gasteiger charge is -2.35. The van der Waals surface area contributed by atoms with Gasteiger partial charge in [0.1, 0.15) is 12.1 Å². The molecule has 0 spiro atoms. The summed E-state index contributed by atoms with van der Waals surface area (Å²) in [5.74, 6) is -1.07. The first-order valence-electron chi connectivity index (χ1n) is 11.1. The molecule has 3 aromatic rings. The summed E-state index contributed by atoms with van der Waals surface area (Å²) in [6, 6.07) is 27.1. The zero-order valence-corrected chi connectivity index (χ0v) is 19.1. The van der Waals surface area contributed by atoms with Crippen LogP contribution in [0.15, 0.2) is 91.0 Å². The predicted octanol–water partition coefficient (Wildman–Crippen LogP) is 3.91. The maximum absolute atomic E-state index is 13.6. The van der Waals surface area contributed by atoms with Crippen molar-refractivity contribution in [2.45, 2.75) is 32.0 Å². The van der Waals surface area contributed by atoms with Gasteiger partial charge in [-0.25, -0.2) is 10.4 Å². The first-order chi connectivity index (χ1) is 16.0. The molecule has 6 heteroatoms. The van der Waals surface area contributed by atoms with Crippen molar-refractivity contribution in [2.75, 3.05) is 13.6 Å². The van der Waals surface area contributed by atoms with E-state index < -0.39 is 18.1 Å². The Hall–Kier alpha value is -3.48. The van der Waals surface area contributed by atoms with Crippen LogP contribution in [0.3, 0.4) is 0 Å². The number of carbonyl (C=O) groups excluding carboxylic acids is 1. The fraction of sp³-hybridized carbons (Fsp3) is 0.259. The van der Waals surface area contributed by atoms with Gasteiger partial charge in [-0.3, -0.25) is 9.59 Å². The molecule has 172 valence electrons. The minimum absolute atomic E-state index is 0.0748. The van der Waals surface area contributed by atoms with E-state index >= 15 is 0 Å². The number of carboxylic acids is 1. The van der Waals surface area contributed by atoms with E-state index in [4.69, 9.17) is 0 Å². The molecule has 0 aliphatic rings. The van der Waals surface area contributed by atoms with Crippen molar-refractivity contribution in [3.63, 3.8) is 0 Å². The van der Waals surface area contributed by atoms with E-state index in [-0.39, 0.29) is 5.91 Å². The quantitative estimate of drug-likeness (QED) is 0.438. The molecule has 0 aliphatic heterocycles. The van der Waals surface area contributed by atoms with Gasteiger partial charge in [0.2, 0.25) is 5.91 Å². The number of hydrazine groups is 1. The van der Waals surface area contributed by atoms with Gasteiger partial charge >= 0.3 is 5.97 Å². The second-order valence-corrected chi connectivity index (χ2v) is 7.98. The van der Waals surface area contributed by atoms with Crippen molar-refractivity contribution in [1.82, 2.24) is 15.3 Å². The molecule has 0 fully saturated rings. The van der Waals surface area contributed by atoms with Gasteiger partial charge in [0.05, 0.1) is 0 Å². The number of nitrogens with zero attached hydrogens (tertiary/aromatic N) is 2. The van der Waals surface area contributed by atoms with Crippen molar-refractivity contribution in [3.05, 3.63) is 108 Å². The maximum atomic E-state index is 13.6. The van der Waals surface area contributed by atoms with E-state index in [0.29, 0.717) is 25.1 Å². The molecule has 2 N–H and O–H groups in total. The Bertz CT molecular complexity index is 1010. The third-order valence-electron chi connectivity index (χ3n) is 5.59. The van der Waals surface area contributed by atoms with E-state index in [1.807, 2.05) is 85.8 Å². The number of benzene rings is 3. The summed E-state index contributed by atoms with van der Waals surface area (Å²) >= 11 is 0. The molecular weight excluding hydrogens is 414 g/mol. The lowest BCUT2D eigenvalue weighted by Crippen LogP contribution is -2.55. The topological polar surface area (TPSA) is 72.9 Å². The van der Waals surface area contributed by atoms with Crippen LogP contribution in [0.1, 0.15) is 29.7 Å². The molecule has 0 aromatic heterocycles. The summed E-state index contributed by atoms with van der Waals surface area (Å²) in [6.07, 6.45) is 0.459. The van der Waals surface area contributed by atoms with E-state index in [2.05, 4.69) is 5.43 Å². The summed E-state index contributed by atoms with van der Waals surface area (Å²) < 4.78 is 0. The number of carbonyl (C=O) groups is 2. The maximum Gasteiger partial charge on any atom is 0.326 e. The molecule has 1 amide bonds. The molecule has 0 saturated heterocycles. The van der Waals surface area contributed by atoms with Crippen LogP contribution in [0.5, 0.6) is 0 Å². The monoisotopic (exact) mass is 445 g/mol. The summed E-state index contributed by atoms with van der Waals surface area (Å²) in [6.45, 7) is 2.85. The predicted molar refractivity (Wildman–Crippen MR) is 129 cm³/mol. The molecule has 0 radical (unpaired) electrons. The molecule has 3 aromatic carbocycles. The lowest BCUT2D eigenvalue weighted by molar-refractivity contribution is -0.145. The Morgan fingerprint density at radius 3 is 1.88 bits per heavy atom. The molecule has 33 heavy (non-hydrogen) atoms. The summed E-state index contributed by atoms with van der Waals surface area (Å²) in [7, 11) is 1.78. The van der Waals surface area contributed by atoms with Crippen molar-refractivity contribution in [2.24, 2.45) is 0 Å². The van der Waals surface area contributed by atoms with Crippen LogP contribution in [-0.2, 0) is 22.6 Å². The molecule has 1 unspecified atom stereocenters. The Labute approximate surface area is 195 Å². The summed E-state index contributed by atoms with van der Waals surface area (Å²) in [4.78, 5) is 27.4. The molecule has 6 nitrogen and oxygen atoms in total. The van der Waals surface area contributed by atoms with E-state index in [9.17, 15) is 14.7 Å². The Morgan fingerprint density at radius 1 is 0.848 bits per heavy atom. The number of likely N-dealkylation sites (N-methyl/N-ethyl adjacent to an activating group) is 2. The van der Waals surface area contributed by atoms with Gasteiger partial charge in [0, 0.05) is 20.1 Å². The average molecular weight is 446 g/mol. The van der Waals surface area contributed by atoms with Crippen LogP contribution in [0.25, 0.3) is 0 Å². The fourth-order valence-corrected chi connectivity index (χ4v) is 3.84. The third-order valence-corrected chi connectivity index (χ3v) is 5.59.